The minimum absolute atomic E-state index is 0.105. The molecule has 0 atom stereocenters. The molecule has 1 rings (SSSR count). The van der Waals surface area contributed by atoms with Crippen LogP contribution in [0.2, 0.25) is 0 Å². The molecule has 1 aromatic carbocycles. The van der Waals surface area contributed by atoms with Crippen LogP contribution in [0, 0.1) is 18.8 Å². The summed E-state index contributed by atoms with van der Waals surface area (Å²) in [6.45, 7) is 7.14. The summed E-state index contributed by atoms with van der Waals surface area (Å²) in [6, 6.07) is 5.56. The fraction of sp³-hybridized carbons (Fsp3) is 0.438. The van der Waals surface area contributed by atoms with E-state index in [1.54, 1.807) is 6.07 Å². The second-order valence-corrected chi connectivity index (χ2v) is 4.71. The minimum atomic E-state index is -0.105. The summed E-state index contributed by atoms with van der Waals surface area (Å²) in [5, 5.41) is 2.84. The highest BCUT2D eigenvalue weighted by Crippen LogP contribution is 2.10. The molecule has 108 valence electrons. The number of hydrogen-bond acceptors (Lipinski definition) is 3. The molecule has 0 radical (unpaired) electrons. The predicted octanol–water partition coefficient (Wildman–Crippen LogP) is 1.46. The summed E-state index contributed by atoms with van der Waals surface area (Å²) in [4.78, 5) is 12.1. The average molecular weight is 274 g/mol. The Kier molecular flexibility index (Phi) is 6.78. The number of amides is 1. The van der Waals surface area contributed by atoms with E-state index in [2.05, 4.69) is 17.2 Å². The Morgan fingerprint density at radius 1 is 1.45 bits per heavy atom. The molecular formula is C16H22N2O2. The first kappa shape index (κ1) is 16.2. The molecule has 0 bridgehead atoms. The molecule has 0 aliphatic carbocycles. The van der Waals surface area contributed by atoms with Crippen LogP contribution in [-0.2, 0) is 4.74 Å². The fourth-order valence-corrected chi connectivity index (χ4v) is 1.65. The second kappa shape index (κ2) is 8.36. The molecule has 1 aromatic rings. The lowest BCUT2D eigenvalue weighted by Gasteiger charge is -2.10. The zero-order chi connectivity index (χ0) is 15.0. The van der Waals surface area contributed by atoms with Crippen molar-refractivity contribution in [3.8, 4) is 11.8 Å². The number of nitrogens with two attached hydrogens (primary N) is 1. The molecule has 0 saturated carbocycles. The standard InChI is InChI=1S/C16H22N2O2/c1-12(2)20-10-9-18-16(19)15-11-14(5-4-8-17)7-6-13(15)3/h6-7,11-12H,8-10,17H2,1-3H3,(H,18,19). The zero-order valence-electron chi connectivity index (χ0n) is 12.3. The summed E-state index contributed by atoms with van der Waals surface area (Å²) >= 11 is 0. The minimum Gasteiger partial charge on any atom is -0.377 e. The highest BCUT2D eigenvalue weighted by Gasteiger charge is 2.09. The highest BCUT2D eigenvalue weighted by molar-refractivity contribution is 5.96. The summed E-state index contributed by atoms with van der Waals surface area (Å²) in [6.07, 6.45) is 0.170. The Balaban J connectivity index is 2.67. The van der Waals surface area contributed by atoms with Crippen LogP contribution in [0.5, 0.6) is 0 Å². The molecule has 1 amide bonds. The molecular weight excluding hydrogens is 252 g/mol. The van der Waals surface area contributed by atoms with Crippen LogP contribution in [0.1, 0.15) is 35.3 Å². The number of hydrogen-bond donors (Lipinski definition) is 2. The number of nitrogens with one attached hydrogen (secondary N) is 1. The van der Waals surface area contributed by atoms with Crippen molar-refractivity contribution in [2.45, 2.75) is 26.9 Å². The van der Waals surface area contributed by atoms with Crippen molar-refractivity contribution >= 4 is 5.91 Å². The van der Waals surface area contributed by atoms with E-state index < -0.39 is 0 Å². The second-order valence-electron chi connectivity index (χ2n) is 4.71. The molecule has 0 saturated heterocycles. The van der Waals surface area contributed by atoms with Crippen LogP contribution in [-0.4, -0.2) is 31.7 Å². The fourth-order valence-electron chi connectivity index (χ4n) is 1.65. The number of carbonyl (C=O) groups excluding carboxylic acids is 1. The molecule has 20 heavy (non-hydrogen) atoms. The van der Waals surface area contributed by atoms with E-state index in [0.717, 1.165) is 11.1 Å². The largest absolute Gasteiger partial charge is 0.377 e. The summed E-state index contributed by atoms with van der Waals surface area (Å²) in [5.74, 6) is 5.60. The number of rotatable bonds is 5. The van der Waals surface area contributed by atoms with E-state index in [0.29, 0.717) is 25.3 Å². The Hall–Kier alpha value is -1.83. The van der Waals surface area contributed by atoms with Gasteiger partial charge in [-0.2, -0.15) is 0 Å². The van der Waals surface area contributed by atoms with Gasteiger partial charge in [0.25, 0.3) is 5.91 Å². The lowest BCUT2D eigenvalue weighted by atomic mass is 10.0. The summed E-state index contributed by atoms with van der Waals surface area (Å²) in [7, 11) is 0. The maximum absolute atomic E-state index is 12.1. The van der Waals surface area contributed by atoms with Gasteiger partial charge >= 0.3 is 0 Å². The summed E-state index contributed by atoms with van der Waals surface area (Å²) in [5.41, 5.74) is 7.70. The molecule has 0 heterocycles. The predicted molar refractivity (Wildman–Crippen MR) is 80.5 cm³/mol. The third kappa shape index (κ3) is 5.43. The topological polar surface area (TPSA) is 64.4 Å². The maximum Gasteiger partial charge on any atom is 0.251 e. The highest BCUT2D eigenvalue weighted by atomic mass is 16.5. The van der Waals surface area contributed by atoms with Gasteiger partial charge in [-0.15, -0.1) is 0 Å². The number of benzene rings is 1. The van der Waals surface area contributed by atoms with Gasteiger partial charge in [0, 0.05) is 17.7 Å². The Morgan fingerprint density at radius 2 is 2.20 bits per heavy atom. The first-order valence-corrected chi connectivity index (χ1v) is 6.74. The SMILES string of the molecule is Cc1ccc(C#CCN)cc1C(=O)NCCOC(C)C. The zero-order valence-corrected chi connectivity index (χ0v) is 12.3. The first-order chi connectivity index (χ1) is 9.54. The normalized spacial score (nSPS) is 10.1. The van der Waals surface area contributed by atoms with Crippen molar-refractivity contribution in [1.29, 1.82) is 0 Å². The number of aryl methyl sites for hydroxylation is 1. The van der Waals surface area contributed by atoms with E-state index in [1.807, 2.05) is 32.9 Å². The van der Waals surface area contributed by atoms with Crippen molar-refractivity contribution in [3.63, 3.8) is 0 Å². The van der Waals surface area contributed by atoms with Gasteiger partial charge in [0.15, 0.2) is 0 Å². The molecule has 0 spiro atoms. The average Bonchev–Trinajstić information content (AvgIpc) is 2.42. The molecule has 0 fully saturated rings. The Bertz CT molecular complexity index is 513. The van der Waals surface area contributed by atoms with E-state index in [-0.39, 0.29) is 12.0 Å². The molecule has 0 aliphatic rings. The van der Waals surface area contributed by atoms with Gasteiger partial charge in [-0.3, -0.25) is 4.79 Å². The molecule has 0 aromatic heterocycles. The third-order valence-electron chi connectivity index (χ3n) is 2.66. The van der Waals surface area contributed by atoms with Gasteiger partial charge in [0.1, 0.15) is 0 Å². The van der Waals surface area contributed by atoms with Crippen LogP contribution in [0.4, 0.5) is 0 Å². The van der Waals surface area contributed by atoms with Crippen LogP contribution in [0.15, 0.2) is 18.2 Å². The van der Waals surface area contributed by atoms with Crippen molar-refractivity contribution in [2.24, 2.45) is 5.73 Å². The van der Waals surface area contributed by atoms with Gasteiger partial charge < -0.3 is 15.8 Å². The first-order valence-electron chi connectivity index (χ1n) is 6.74. The van der Waals surface area contributed by atoms with E-state index in [1.165, 1.54) is 0 Å². The van der Waals surface area contributed by atoms with Crippen molar-refractivity contribution < 1.29 is 9.53 Å². The van der Waals surface area contributed by atoms with Crippen molar-refractivity contribution in [1.82, 2.24) is 5.32 Å². The molecule has 4 heteroatoms. The quantitative estimate of drug-likeness (QED) is 0.631. The maximum atomic E-state index is 12.1. The molecule has 3 N–H and O–H groups in total. The number of ether oxygens (including phenoxy) is 1. The van der Waals surface area contributed by atoms with Gasteiger partial charge in [-0.25, -0.2) is 0 Å². The van der Waals surface area contributed by atoms with Gasteiger partial charge in [0.05, 0.1) is 19.3 Å². The lowest BCUT2D eigenvalue weighted by molar-refractivity contribution is 0.0746. The summed E-state index contributed by atoms with van der Waals surface area (Å²) < 4.78 is 5.38. The van der Waals surface area contributed by atoms with Crippen LogP contribution >= 0.6 is 0 Å². The van der Waals surface area contributed by atoms with Gasteiger partial charge in [-0.1, -0.05) is 17.9 Å². The van der Waals surface area contributed by atoms with Crippen LogP contribution in [0.25, 0.3) is 0 Å². The molecule has 0 unspecified atom stereocenters. The van der Waals surface area contributed by atoms with E-state index in [4.69, 9.17) is 10.5 Å². The van der Waals surface area contributed by atoms with E-state index >= 15 is 0 Å². The smallest absolute Gasteiger partial charge is 0.251 e. The third-order valence-corrected chi connectivity index (χ3v) is 2.66. The van der Waals surface area contributed by atoms with Crippen molar-refractivity contribution in [2.75, 3.05) is 19.7 Å². The molecule has 0 aliphatic heterocycles. The van der Waals surface area contributed by atoms with Crippen molar-refractivity contribution in [3.05, 3.63) is 34.9 Å². The van der Waals surface area contributed by atoms with Gasteiger partial charge in [0.2, 0.25) is 0 Å². The molecule has 4 nitrogen and oxygen atoms in total. The Labute approximate surface area is 120 Å². The lowest BCUT2D eigenvalue weighted by Crippen LogP contribution is -2.28. The number of carbonyl (C=O) groups is 1. The Morgan fingerprint density at radius 3 is 2.85 bits per heavy atom. The van der Waals surface area contributed by atoms with E-state index in [9.17, 15) is 4.79 Å². The van der Waals surface area contributed by atoms with Crippen LogP contribution < -0.4 is 11.1 Å². The van der Waals surface area contributed by atoms with Gasteiger partial charge in [-0.05, 0) is 38.5 Å². The van der Waals surface area contributed by atoms with Crippen LogP contribution in [0.3, 0.4) is 0 Å². The monoisotopic (exact) mass is 274 g/mol.